The number of hydrogen-bond donors (Lipinski definition) is 3. The Balaban J connectivity index is 1.80. The van der Waals surface area contributed by atoms with Crippen molar-refractivity contribution in [1.29, 1.82) is 0 Å². The zero-order valence-corrected chi connectivity index (χ0v) is 10.3. The molecule has 0 aromatic rings. The minimum Gasteiger partial charge on any atom is -0.389 e. The first-order chi connectivity index (χ1) is 8.13. The molecule has 2 aliphatic rings. The topological polar surface area (TPSA) is 84.6 Å². The van der Waals surface area contributed by atoms with Crippen LogP contribution in [0.2, 0.25) is 0 Å². The molecule has 0 saturated heterocycles. The summed E-state index contributed by atoms with van der Waals surface area (Å²) in [6, 6.07) is 0.00770. The number of hydrogen-bond acceptors (Lipinski definition) is 4. The third kappa shape index (κ3) is 2.61. The van der Waals surface area contributed by atoms with Crippen molar-refractivity contribution < 1.29 is 14.6 Å². The molecule has 5 atom stereocenters. The highest BCUT2D eigenvalue weighted by Gasteiger charge is 2.48. The number of amides is 1. The zero-order valence-electron chi connectivity index (χ0n) is 10.3. The molecule has 2 fully saturated rings. The van der Waals surface area contributed by atoms with Gasteiger partial charge in [0, 0.05) is 19.7 Å². The van der Waals surface area contributed by atoms with Gasteiger partial charge in [-0.1, -0.05) is 0 Å². The van der Waals surface area contributed by atoms with Gasteiger partial charge in [-0.3, -0.25) is 4.79 Å². The first-order valence-corrected chi connectivity index (χ1v) is 6.33. The van der Waals surface area contributed by atoms with Crippen molar-refractivity contribution in [2.24, 2.45) is 23.5 Å². The number of aliphatic hydroxyl groups excluding tert-OH is 1. The molecule has 0 heterocycles. The molecule has 0 aromatic carbocycles. The van der Waals surface area contributed by atoms with E-state index in [9.17, 15) is 9.90 Å². The number of rotatable bonds is 5. The van der Waals surface area contributed by atoms with Crippen molar-refractivity contribution in [3.63, 3.8) is 0 Å². The first-order valence-electron chi connectivity index (χ1n) is 6.33. The summed E-state index contributed by atoms with van der Waals surface area (Å²) in [5.74, 6) is 0.928. The largest absolute Gasteiger partial charge is 0.389 e. The third-order valence-electron chi connectivity index (χ3n) is 4.15. The van der Waals surface area contributed by atoms with Gasteiger partial charge in [0.2, 0.25) is 5.91 Å². The Morgan fingerprint density at radius 3 is 2.82 bits per heavy atom. The molecule has 2 aliphatic carbocycles. The predicted molar refractivity (Wildman–Crippen MR) is 63.2 cm³/mol. The Labute approximate surface area is 102 Å². The maximum Gasteiger partial charge on any atom is 0.225 e. The summed E-state index contributed by atoms with van der Waals surface area (Å²) in [5.41, 5.74) is 6.08. The number of fused-ring (bicyclic) bond motifs is 2. The summed E-state index contributed by atoms with van der Waals surface area (Å²) < 4.78 is 4.81. The molecule has 17 heavy (non-hydrogen) atoms. The molecule has 5 unspecified atom stereocenters. The zero-order chi connectivity index (χ0) is 12.4. The van der Waals surface area contributed by atoms with E-state index in [0.29, 0.717) is 11.8 Å². The molecule has 2 rings (SSSR count). The second-order valence-corrected chi connectivity index (χ2v) is 5.29. The Morgan fingerprint density at radius 2 is 2.24 bits per heavy atom. The summed E-state index contributed by atoms with van der Waals surface area (Å²) in [7, 11) is 1.52. The molecule has 2 saturated carbocycles. The number of carbonyl (C=O) groups is 1. The molecule has 0 radical (unpaired) electrons. The molecular weight excluding hydrogens is 220 g/mol. The van der Waals surface area contributed by atoms with E-state index in [1.807, 2.05) is 0 Å². The second kappa shape index (κ2) is 5.33. The van der Waals surface area contributed by atoms with E-state index in [4.69, 9.17) is 10.5 Å². The molecule has 0 spiro atoms. The lowest BCUT2D eigenvalue weighted by Crippen LogP contribution is -2.47. The lowest BCUT2D eigenvalue weighted by Gasteiger charge is -2.27. The van der Waals surface area contributed by atoms with Crippen molar-refractivity contribution in [2.45, 2.75) is 31.4 Å². The summed E-state index contributed by atoms with van der Waals surface area (Å²) in [4.78, 5) is 12.0. The van der Waals surface area contributed by atoms with Crippen LogP contribution >= 0.6 is 0 Å². The van der Waals surface area contributed by atoms with Gasteiger partial charge in [-0.25, -0.2) is 0 Å². The van der Waals surface area contributed by atoms with Crippen LogP contribution in [0.3, 0.4) is 0 Å². The van der Waals surface area contributed by atoms with Gasteiger partial charge in [0.05, 0.1) is 18.6 Å². The molecule has 0 aliphatic heterocycles. The van der Waals surface area contributed by atoms with E-state index < -0.39 is 6.10 Å². The van der Waals surface area contributed by atoms with Crippen molar-refractivity contribution >= 4 is 5.91 Å². The van der Waals surface area contributed by atoms with Crippen LogP contribution in [0, 0.1) is 17.8 Å². The van der Waals surface area contributed by atoms with Crippen LogP contribution in [0.4, 0.5) is 0 Å². The monoisotopic (exact) mass is 242 g/mol. The minimum absolute atomic E-state index is 0.000136. The minimum atomic E-state index is -0.640. The molecule has 4 N–H and O–H groups in total. The highest BCUT2D eigenvalue weighted by atomic mass is 16.5. The average molecular weight is 242 g/mol. The Hall–Kier alpha value is -0.650. The number of methoxy groups -OCH3 is 1. The van der Waals surface area contributed by atoms with Crippen molar-refractivity contribution in [3.05, 3.63) is 0 Å². The van der Waals surface area contributed by atoms with Gasteiger partial charge in [-0.05, 0) is 31.1 Å². The Kier molecular flexibility index (Phi) is 4.01. The first kappa shape index (κ1) is 12.8. The summed E-state index contributed by atoms with van der Waals surface area (Å²) in [6.07, 6.45) is 2.75. The fourth-order valence-corrected chi connectivity index (χ4v) is 3.31. The Bertz CT molecular complexity index is 283. The number of carbonyl (C=O) groups excluding carboxylic acids is 1. The van der Waals surface area contributed by atoms with Crippen LogP contribution < -0.4 is 11.1 Å². The van der Waals surface area contributed by atoms with E-state index in [0.717, 1.165) is 12.8 Å². The molecule has 0 aromatic heterocycles. The van der Waals surface area contributed by atoms with Crippen LogP contribution in [0.1, 0.15) is 19.3 Å². The third-order valence-corrected chi connectivity index (χ3v) is 4.15. The molecule has 5 heteroatoms. The van der Waals surface area contributed by atoms with Crippen molar-refractivity contribution in [3.8, 4) is 0 Å². The quantitative estimate of drug-likeness (QED) is 0.606. The number of nitrogens with one attached hydrogen (secondary N) is 1. The maximum atomic E-state index is 12.0. The average Bonchev–Trinajstić information content (AvgIpc) is 2.86. The standard InChI is InChI=1S/C12H22N2O3/c1-17-6-9(15)5-14-12(16)10-7-2-3-8(4-7)11(10)13/h7-11,15H,2-6,13H2,1H3,(H,14,16). The number of aliphatic hydroxyl groups is 1. The van der Waals surface area contributed by atoms with Crippen LogP contribution in [0.15, 0.2) is 0 Å². The van der Waals surface area contributed by atoms with Gasteiger partial charge in [-0.2, -0.15) is 0 Å². The maximum absolute atomic E-state index is 12.0. The molecule has 1 amide bonds. The molecule has 98 valence electrons. The molecule has 2 bridgehead atoms. The summed E-state index contributed by atoms with van der Waals surface area (Å²) in [5, 5.41) is 12.2. The van der Waals surface area contributed by atoms with E-state index >= 15 is 0 Å². The van der Waals surface area contributed by atoms with Gasteiger partial charge in [0.1, 0.15) is 0 Å². The van der Waals surface area contributed by atoms with Gasteiger partial charge in [0.15, 0.2) is 0 Å². The number of nitrogens with two attached hydrogens (primary N) is 1. The normalized spacial score (nSPS) is 37.1. The highest BCUT2D eigenvalue weighted by Crippen LogP contribution is 2.47. The van der Waals surface area contributed by atoms with Crippen molar-refractivity contribution in [2.75, 3.05) is 20.3 Å². The van der Waals surface area contributed by atoms with Crippen molar-refractivity contribution in [1.82, 2.24) is 5.32 Å². The molecular formula is C12H22N2O3. The van der Waals surface area contributed by atoms with Crippen LogP contribution in [-0.2, 0) is 9.53 Å². The smallest absolute Gasteiger partial charge is 0.225 e. The SMILES string of the molecule is COCC(O)CNC(=O)C1C2CCC(C2)C1N. The second-order valence-electron chi connectivity index (χ2n) is 5.29. The molecule has 5 nitrogen and oxygen atoms in total. The lowest BCUT2D eigenvalue weighted by molar-refractivity contribution is -0.127. The van der Waals surface area contributed by atoms with Crippen LogP contribution in [0.5, 0.6) is 0 Å². The van der Waals surface area contributed by atoms with Gasteiger partial charge in [0.25, 0.3) is 0 Å². The van der Waals surface area contributed by atoms with Crippen LogP contribution in [0.25, 0.3) is 0 Å². The lowest BCUT2D eigenvalue weighted by atomic mass is 9.84. The van der Waals surface area contributed by atoms with E-state index in [1.54, 1.807) is 0 Å². The van der Waals surface area contributed by atoms with Gasteiger partial charge in [-0.15, -0.1) is 0 Å². The van der Waals surface area contributed by atoms with Gasteiger partial charge < -0.3 is 20.9 Å². The summed E-state index contributed by atoms with van der Waals surface area (Å²) >= 11 is 0. The van der Waals surface area contributed by atoms with E-state index in [-0.39, 0.29) is 31.0 Å². The predicted octanol–water partition coefficient (Wildman–Crippen LogP) is -0.517. The fraction of sp³-hybridized carbons (Fsp3) is 0.917. The van der Waals surface area contributed by atoms with Crippen LogP contribution in [-0.4, -0.2) is 43.4 Å². The number of ether oxygens (including phenoxy) is 1. The van der Waals surface area contributed by atoms with E-state index in [1.165, 1.54) is 13.5 Å². The highest BCUT2D eigenvalue weighted by molar-refractivity contribution is 5.80. The Morgan fingerprint density at radius 1 is 1.53 bits per heavy atom. The summed E-state index contributed by atoms with van der Waals surface area (Å²) in [6.45, 7) is 0.482. The van der Waals surface area contributed by atoms with Gasteiger partial charge >= 0.3 is 0 Å². The van der Waals surface area contributed by atoms with E-state index in [2.05, 4.69) is 5.32 Å². The fourth-order valence-electron chi connectivity index (χ4n) is 3.31.